The SMILES string of the molecule is C=CC(=O)N1CCOc2c(F)cc(F)cc21. The largest absolute Gasteiger partial charge is 0.486 e. The molecule has 0 unspecified atom stereocenters. The molecular weight excluding hydrogens is 216 g/mol. The lowest BCUT2D eigenvalue weighted by atomic mass is 10.2. The molecule has 0 saturated heterocycles. The highest BCUT2D eigenvalue weighted by molar-refractivity contribution is 6.02. The minimum absolute atomic E-state index is 0.0946. The Morgan fingerprint density at radius 2 is 2.25 bits per heavy atom. The average molecular weight is 225 g/mol. The first-order valence-electron chi connectivity index (χ1n) is 4.69. The number of carbonyl (C=O) groups is 1. The van der Waals surface area contributed by atoms with Crippen LogP contribution in [0.15, 0.2) is 24.8 Å². The Balaban J connectivity index is 2.53. The van der Waals surface area contributed by atoms with Crippen molar-refractivity contribution in [1.82, 2.24) is 0 Å². The molecule has 0 aromatic heterocycles. The van der Waals surface area contributed by atoms with Crippen LogP contribution in [0.2, 0.25) is 0 Å². The zero-order valence-electron chi connectivity index (χ0n) is 8.37. The van der Waals surface area contributed by atoms with Gasteiger partial charge in [0.2, 0.25) is 0 Å². The topological polar surface area (TPSA) is 29.5 Å². The Bertz CT molecular complexity index is 460. The first kappa shape index (κ1) is 10.6. The van der Waals surface area contributed by atoms with E-state index in [0.29, 0.717) is 0 Å². The molecule has 1 heterocycles. The number of hydrogen-bond donors (Lipinski definition) is 0. The highest BCUT2D eigenvalue weighted by Crippen LogP contribution is 2.35. The zero-order valence-corrected chi connectivity index (χ0v) is 8.37. The van der Waals surface area contributed by atoms with Crippen LogP contribution in [0.5, 0.6) is 5.75 Å². The van der Waals surface area contributed by atoms with E-state index in [2.05, 4.69) is 6.58 Å². The first-order chi connectivity index (χ1) is 7.63. The number of anilines is 1. The van der Waals surface area contributed by atoms with E-state index < -0.39 is 17.5 Å². The molecule has 84 valence electrons. The molecule has 1 aromatic carbocycles. The van der Waals surface area contributed by atoms with Crippen LogP contribution in [0.1, 0.15) is 0 Å². The van der Waals surface area contributed by atoms with Crippen LogP contribution < -0.4 is 9.64 Å². The van der Waals surface area contributed by atoms with Gasteiger partial charge in [0.15, 0.2) is 11.6 Å². The number of nitrogens with zero attached hydrogens (tertiary/aromatic N) is 1. The molecule has 0 fully saturated rings. The maximum absolute atomic E-state index is 13.3. The summed E-state index contributed by atoms with van der Waals surface area (Å²) in [6, 6.07) is 1.79. The molecule has 1 aromatic rings. The molecule has 0 atom stereocenters. The third-order valence-corrected chi connectivity index (χ3v) is 2.28. The number of fused-ring (bicyclic) bond motifs is 1. The van der Waals surface area contributed by atoms with Gasteiger partial charge in [0.25, 0.3) is 5.91 Å². The lowest BCUT2D eigenvalue weighted by molar-refractivity contribution is -0.114. The van der Waals surface area contributed by atoms with E-state index in [-0.39, 0.29) is 24.6 Å². The van der Waals surface area contributed by atoms with Gasteiger partial charge < -0.3 is 9.64 Å². The maximum Gasteiger partial charge on any atom is 0.250 e. The summed E-state index contributed by atoms with van der Waals surface area (Å²) in [5.41, 5.74) is 0.105. The monoisotopic (exact) mass is 225 g/mol. The third-order valence-electron chi connectivity index (χ3n) is 2.28. The van der Waals surface area contributed by atoms with E-state index in [4.69, 9.17) is 4.74 Å². The van der Waals surface area contributed by atoms with Gasteiger partial charge in [-0.05, 0) is 6.08 Å². The van der Waals surface area contributed by atoms with Crippen LogP contribution in [-0.4, -0.2) is 19.1 Å². The minimum Gasteiger partial charge on any atom is -0.486 e. The summed E-state index contributed by atoms with van der Waals surface area (Å²) in [6.07, 6.45) is 1.10. The molecule has 1 amide bonds. The molecule has 2 rings (SSSR count). The lowest BCUT2D eigenvalue weighted by Gasteiger charge is -2.28. The second-order valence-corrected chi connectivity index (χ2v) is 3.28. The standard InChI is InChI=1S/C11H9F2NO2/c1-2-10(15)14-3-4-16-11-8(13)5-7(12)6-9(11)14/h2,5-6H,1,3-4H2. The highest BCUT2D eigenvalue weighted by atomic mass is 19.1. The molecule has 3 nitrogen and oxygen atoms in total. The van der Waals surface area contributed by atoms with Crippen molar-refractivity contribution in [1.29, 1.82) is 0 Å². The zero-order chi connectivity index (χ0) is 11.7. The van der Waals surface area contributed by atoms with E-state index in [1.54, 1.807) is 0 Å². The summed E-state index contributed by atoms with van der Waals surface area (Å²) in [6.45, 7) is 3.76. The van der Waals surface area contributed by atoms with Crippen molar-refractivity contribution in [3.05, 3.63) is 36.4 Å². The lowest BCUT2D eigenvalue weighted by Crippen LogP contribution is -2.37. The molecule has 0 radical (unpaired) electrons. The minimum atomic E-state index is -0.809. The van der Waals surface area contributed by atoms with E-state index in [9.17, 15) is 13.6 Å². The number of amides is 1. The Morgan fingerprint density at radius 1 is 1.50 bits per heavy atom. The summed E-state index contributed by atoms with van der Waals surface area (Å²) in [4.78, 5) is 12.7. The van der Waals surface area contributed by atoms with Crippen LogP contribution in [-0.2, 0) is 4.79 Å². The highest BCUT2D eigenvalue weighted by Gasteiger charge is 2.25. The van der Waals surface area contributed by atoms with Crippen molar-refractivity contribution in [2.24, 2.45) is 0 Å². The molecule has 1 aliphatic rings. The Labute approximate surface area is 90.9 Å². The number of ether oxygens (including phenoxy) is 1. The van der Waals surface area contributed by atoms with Crippen LogP contribution >= 0.6 is 0 Å². The van der Waals surface area contributed by atoms with E-state index in [0.717, 1.165) is 18.2 Å². The van der Waals surface area contributed by atoms with Crippen LogP contribution in [0.3, 0.4) is 0 Å². The van der Waals surface area contributed by atoms with Crippen LogP contribution in [0, 0.1) is 11.6 Å². The molecular formula is C11H9F2NO2. The van der Waals surface area contributed by atoms with Gasteiger partial charge >= 0.3 is 0 Å². The fourth-order valence-corrected chi connectivity index (χ4v) is 1.59. The second-order valence-electron chi connectivity index (χ2n) is 3.28. The van der Waals surface area contributed by atoms with Crippen molar-refractivity contribution < 1.29 is 18.3 Å². The smallest absolute Gasteiger partial charge is 0.250 e. The Kier molecular flexibility index (Phi) is 2.60. The van der Waals surface area contributed by atoms with E-state index >= 15 is 0 Å². The summed E-state index contributed by atoms with van der Waals surface area (Å²) >= 11 is 0. The Morgan fingerprint density at radius 3 is 2.94 bits per heavy atom. The van der Waals surface area contributed by atoms with Crippen molar-refractivity contribution in [3.63, 3.8) is 0 Å². The van der Waals surface area contributed by atoms with Gasteiger partial charge in [0, 0.05) is 12.1 Å². The quantitative estimate of drug-likeness (QED) is 0.683. The maximum atomic E-state index is 13.3. The fraction of sp³-hybridized carbons (Fsp3) is 0.182. The van der Waals surface area contributed by atoms with Crippen molar-refractivity contribution in [3.8, 4) is 5.75 Å². The van der Waals surface area contributed by atoms with Gasteiger partial charge in [-0.1, -0.05) is 6.58 Å². The van der Waals surface area contributed by atoms with Crippen LogP contribution in [0.4, 0.5) is 14.5 Å². The van der Waals surface area contributed by atoms with Gasteiger partial charge in [-0.3, -0.25) is 4.79 Å². The molecule has 0 aliphatic carbocycles. The van der Waals surface area contributed by atoms with Gasteiger partial charge in [-0.2, -0.15) is 0 Å². The third kappa shape index (κ3) is 1.64. The van der Waals surface area contributed by atoms with Crippen molar-refractivity contribution in [2.45, 2.75) is 0 Å². The number of benzene rings is 1. The molecule has 0 spiro atoms. The molecule has 0 saturated carbocycles. The summed E-state index contributed by atoms with van der Waals surface area (Å²) in [5, 5.41) is 0. The summed E-state index contributed by atoms with van der Waals surface area (Å²) in [5.74, 6) is -2.06. The van der Waals surface area contributed by atoms with Gasteiger partial charge in [-0.15, -0.1) is 0 Å². The van der Waals surface area contributed by atoms with Crippen molar-refractivity contribution >= 4 is 11.6 Å². The average Bonchev–Trinajstić information content (AvgIpc) is 2.27. The Hall–Kier alpha value is -1.91. The fourth-order valence-electron chi connectivity index (χ4n) is 1.59. The molecule has 0 bridgehead atoms. The molecule has 16 heavy (non-hydrogen) atoms. The van der Waals surface area contributed by atoms with Gasteiger partial charge in [-0.25, -0.2) is 8.78 Å². The predicted molar refractivity (Wildman–Crippen MR) is 54.4 cm³/mol. The first-order valence-corrected chi connectivity index (χ1v) is 4.69. The number of halogens is 2. The van der Waals surface area contributed by atoms with Crippen molar-refractivity contribution in [2.75, 3.05) is 18.1 Å². The second kappa shape index (κ2) is 3.92. The number of carbonyl (C=O) groups excluding carboxylic acids is 1. The van der Waals surface area contributed by atoms with Gasteiger partial charge in [0.1, 0.15) is 12.4 Å². The van der Waals surface area contributed by atoms with Gasteiger partial charge in [0.05, 0.1) is 12.2 Å². The normalized spacial score (nSPS) is 14.0. The molecule has 0 N–H and O–H groups in total. The molecule has 1 aliphatic heterocycles. The number of hydrogen-bond acceptors (Lipinski definition) is 2. The molecule has 5 heteroatoms. The summed E-state index contributed by atoms with van der Waals surface area (Å²) in [7, 11) is 0. The van der Waals surface area contributed by atoms with E-state index in [1.807, 2.05) is 0 Å². The predicted octanol–water partition coefficient (Wildman–Crippen LogP) is 1.88. The van der Waals surface area contributed by atoms with Crippen LogP contribution in [0.25, 0.3) is 0 Å². The van der Waals surface area contributed by atoms with E-state index in [1.165, 1.54) is 4.90 Å². The summed E-state index contributed by atoms with van der Waals surface area (Å²) < 4.78 is 31.4. The number of rotatable bonds is 1.